The molecule has 0 N–H and O–H groups in total. The lowest BCUT2D eigenvalue weighted by Gasteiger charge is -2.31. The molecule has 0 aliphatic carbocycles. The van der Waals surface area contributed by atoms with E-state index in [1.54, 1.807) is 17.0 Å². The Hall–Kier alpha value is -3.02. The van der Waals surface area contributed by atoms with Crippen LogP contribution >= 0.6 is 0 Å². The van der Waals surface area contributed by atoms with Gasteiger partial charge in [0, 0.05) is 24.2 Å². The van der Waals surface area contributed by atoms with E-state index in [1.165, 1.54) is 17.7 Å². The van der Waals surface area contributed by atoms with Crippen LogP contribution in [0.3, 0.4) is 0 Å². The predicted octanol–water partition coefficient (Wildman–Crippen LogP) is 4.20. The Morgan fingerprint density at radius 3 is 2.81 bits per heavy atom. The first-order valence-electron chi connectivity index (χ1n) is 9.05. The van der Waals surface area contributed by atoms with Gasteiger partial charge < -0.3 is 9.42 Å². The summed E-state index contributed by atoms with van der Waals surface area (Å²) in [4.78, 5) is 19.0. The minimum atomic E-state index is -0.408. The minimum absolute atomic E-state index is 0.0112. The highest BCUT2D eigenvalue weighted by Crippen LogP contribution is 2.28. The third-order valence-corrected chi connectivity index (χ3v) is 4.88. The van der Waals surface area contributed by atoms with Gasteiger partial charge in [-0.25, -0.2) is 4.39 Å². The van der Waals surface area contributed by atoms with Gasteiger partial charge in [0.05, 0.1) is 5.92 Å². The molecule has 1 saturated heterocycles. The summed E-state index contributed by atoms with van der Waals surface area (Å²) < 4.78 is 18.9. The van der Waals surface area contributed by atoms with Crippen LogP contribution in [0.4, 0.5) is 4.39 Å². The SMILES string of the molecule is Cc1ccc(-c2noc([C@@H]3CCCN(C(=O)c4cccc(F)c4)C3)n2)cc1. The number of carbonyl (C=O) groups is 1. The first kappa shape index (κ1) is 17.4. The summed E-state index contributed by atoms with van der Waals surface area (Å²) in [6, 6.07) is 13.7. The molecule has 1 amide bonds. The van der Waals surface area contributed by atoms with Gasteiger partial charge in [0.2, 0.25) is 11.7 Å². The summed E-state index contributed by atoms with van der Waals surface area (Å²) in [5, 5.41) is 4.09. The second-order valence-corrected chi connectivity index (χ2v) is 6.92. The molecule has 1 aromatic heterocycles. The number of amides is 1. The highest BCUT2D eigenvalue weighted by atomic mass is 19.1. The molecule has 0 unspecified atom stereocenters. The van der Waals surface area contributed by atoms with E-state index in [9.17, 15) is 9.18 Å². The predicted molar refractivity (Wildman–Crippen MR) is 98.7 cm³/mol. The zero-order valence-electron chi connectivity index (χ0n) is 15.1. The number of carbonyl (C=O) groups excluding carboxylic acids is 1. The fourth-order valence-corrected chi connectivity index (χ4v) is 3.39. The van der Waals surface area contributed by atoms with E-state index in [2.05, 4.69) is 10.1 Å². The van der Waals surface area contributed by atoms with E-state index in [4.69, 9.17) is 4.52 Å². The van der Waals surface area contributed by atoms with Crippen LogP contribution in [0.5, 0.6) is 0 Å². The average molecular weight is 365 g/mol. The van der Waals surface area contributed by atoms with Crippen LogP contribution < -0.4 is 0 Å². The van der Waals surface area contributed by atoms with Crippen molar-refractivity contribution in [1.82, 2.24) is 15.0 Å². The van der Waals surface area contributed by atoms with Gasteiger partial charge in [0.1, 0.15) is 5.82 Å². The summed E-state index contributed by atoms with van der Waals surface area (Å²) in [5.74, 6) is 0.510. The maximum absolute atomic E-state index is 13.4. The van der Waals surface area contributed by atoms with Crippen molar-refractivity contribution in [1.29, 1.82) is 0 Å². The lowest BCUT2D eigenvalue weighted by atomic mass is 9.97. The summed E-state index contributed by atoms with van der Waals surface area (Å²) in [6.07, 6.45) is 1.72. The van der Waals surface area contributed by atoms with Gasteiger partial charge in [-0.3, -0.25) is 4.79 Å². The standard InChI is InChI=1S/C21H20FN3O2/c1-14-7-9-15(10-8-14)19-23-20(27-24-19)17-5-3-11-25(13-17)21(26)16-4-2-6-18(22)12-16/h2,4,6-10,12,17H,3,5,11,13H2,1H3/t17-/m1/s1. The fourth-order valence-electron chi connectivity index (χ4n) is 3.39. The topological polar surface area (TPSA) is 59.2 Å². The molecule has 1 aliphatic heterocycles. The van der Waals surface area contributed by atoms with Crippen LogP contribution in [-0.4, -0.2) is 34.0 Å². The van der Waals surface area contributed by atoms with Crippen LogP contribution in [0.2, 0.25) is 0 Å². The molecule has 3 aromatic rings. The van der Waals surface area contributed by atoms with Crippen molar-refractivity contribution in [3.8, 4) is 11.4 Å². The molecule has 1 aliphatic rings. The Kier molecular flexibility index (Phi) is 4.71. The molecule has 5 nitrogen and oxygen atoms in total. The maximum atomic E-state index is 13.4. The molecule has 2 heterocycles. The Morgan fingerprint density at radius 2 is 2.04 bits per heavy atom. The van der Waals surface area contributed by atoms with Crippen LogP contribution in [0.1, 0.15) is 40.6 Å². The highest BCUT2D eigenvalue weighted by molar-refractivity contribution is 5.94. The highest BCUT2D eigenvalue weighted by Gasteiger charge is 2.29. The Balaban J connectivity index is 1.50. The average Bonchev–Trinajstić information content (AvgIpc) is 3.18. The van der Waals surface area contributed by atoms with Crippen molar-refractivity contribution < 1.29 is 13.7 Å². The number of likely N-dealkylation sites (tertiary alicyclic amines) is 1. The van der Waals surface area contributed by atoms with Crippen LogP contribution in [0.25, 0.3) is 11.4 Å². The molecule has 0 spiro atoms. The molecule has 2 aromatic carbocycles. The van der Waals surface area contributed by atoms with E-state index >= 15 is 0 Å². The smallest absolute Gasteiger partial charge is 0.253 e. The zero-order chi connectivity index (χ0) is 18.8. The van der Waals surface area contributed by atoms with Gasteiger partial charge >= 0.3 is 0 Å². The summed E-state index contributed by atoms with van der Waals surface area (Å²) >= 11 is 0. The summed E-state index contributed by atoms with van der Waals surface area (Å²) in [7, 11) is 0. The quantitative estimate of drug-likeness (QED) is 0.698. The van der Waals surface area contributed by atoms with Gasteiger partial charge in [0.25, 0.3) is 5.91 Å². The van der Waals surface area contributed by atoms with Crippen molar-refractivity contribution in [3.05, 3.63) is 71.4 Å². The van der Waals surface area contributed by atoms with E-state index < -0.39 is 5.82 Å². The third-order valence-electron chi connectivity index (χ3n) is 4.88. The Morgan fingerprint density at radius 1 is 1.22 bits per heavy atom. The molecule has 0 saturated carbocycles. The summed E-state index contributed by atoms with van der Waals surface area (Å²) in [5.41, 5.74) is 2.43. The van der Waals surface area contributed by atoms with Crippen LogP contribution in [0, 0.1) is 12.7 Å². The molecule has 138 valence electrons. The Labute approximate surface area is 156 Å². The molecule has 0 bridgehead atoms. The number of rotatable bonds is 3. The largest absolute Gasteiger partial charge is 0.339 e. The number of nitrogens with zero attached hydrogens (tertiary/aromatic N) is 3. The van der Waals surface area contributed by atoms with Crippen molar-refractivity contribution in [2.24, 2.45) is 0 Å². The number of aromatic nitrogens is 2. The van der Waals surface area contributed by atoms with Crippen molar-refractivity contribution >= 4 is 5.91 Å². The van der Waals surface area contributed by atoms with Gasteiger partial charge in [-0.2, -0.15) is 4.98 Å². The van der Waals surface area contributed by atoms with Crippen molar-refractivity contribution in [2.75, 3.05) is 13.1 Å². The second-order valence-electron chi connectivity index (χ2n) is 6.92. The minimum Gasteiger partial charge on any atom is -0.339 e. The molecular weight excluding hydrogens is 345 g/mol. The van der Waals surface area contributed by atoms with E-state index in [0.717, 1.165) is 18.4 Å². The number of hydrogen-bond acceptors (Lipinski definition) is 4. The van der Waals surface area contributed by atoms with E-state index in [0.29, 0.717) is 30.4 Å². The molecule has 27 heavy (non-hydrogen) atoms. The van der Waals surface area contributed by atoms with Gasteiger partial charge in [-0.1, -0.05) is 41.1 Å². The molecule has 1 atom stereocenters. The van der Waals surface area contributed by atoms with Crippen LogP contribution in [0.15, 0.2) is 53.1 Å². The monoisotopic (exact) mass is 365 g/mol. The third kappa shape index (κ3) is 3.74. The van der Waals surface area contributed by atoms with Crippen LogP contribution in [-0.2, 0) is 0 Å². The summed E-state index contributed by atoms with van der Waals surface area (Å²) in [6.45, 7) is 3.16. The Bertz CT molecular complexity index is 952. The first-order chi connectivity index (χ1) is 13.1. The van der Waals surface area contributed by atoms with E-state index in [1.807, 2.05) is 31.2 Å². The molecule has 1 fully saturated rings. The van der Waals surface area contributed by atoms with Gasteiger partial charge in [-0.05, 0) is 38.0 Å². The van der Waals surface area contributed by atoms with Crippen molar-refractivity contribution in [3.63, 3.8) is 0 Å². The molecular formula is C21H20FN3O2. The number of aryl methyl sites for hydroxylation is 1. The van der Waals surface area contributed by atoms with E-state index in [-0.39, 0.29) is 11.8 Å². The normalized spacial score (nSPS) is 17.1. The zero-order valence-corrected chi connectivity index (χ0v) is 15.1. The number of halogens is 1. The number of hydrogen-bond donors (Lipinski definition) is 0. The number of piperidine rings is 1. The first-order valence-corrected chi connectivity index (χ1v) is 9.05. The second kappa shape index (κ2) is 7.31. The number of benzene rings is 2. The molecule has 4 rings (SSSR count). The molecule has 0 radical (unpaired) electrons. The molecule has 6 heteroatoms. The lowest BCUT2D eigenvalue weighted by molar-refractivity contribution is 0.0695. The van der Waals surface area contributed by atoms with Gasteiger partial charge in [0.15, 0.2) is 0 Å². The maximum Gasteiger partial charge on any atom is 0.253 e. The fraction of sp³-hybridized carbons (Fsp3) is 0.286. The van der Waals surface area contributed by atoms with Gasteiger partial charge in [-0.15, -0.1) is 0 Å². The van der Waals surface area contributed by atoms with Crippen molar-refractivity contribution in [2.45, 2.75) is 25.7 Å². The lowest BCUT2D eigenvalue weighted by Crippen LogP contribution is -2.39.